The molecule has 1 aliphatic rings. The summed E-state index contributed by atoms with van der Waals surface area (Å²) >= 11 is 0. The third-order valence-electron chi connectivity index (χ3n) is 5.34. The number of carbonyl (C=O) groups is 3. The number of ketones is 1. The first kappa shape index (κ1) is 21.2. The molecule has 0 aromatic heterocycles. The molecule has 2 amide bonds. The van der Waals surface area contributed by atoms with Gasteiger partial charge >= 0.3 is 0 Å². The summed E-state index contributed by atoms with van der Waals surface area (Å²) in [6.07, 6.45) is 0. The second kappa shape index (κ2) is 8.26. The zero-order valence-electron chi connectivity index (χ0n) is 17.6. The summed E-state index contributed by atoms with van der Waals surface area (Å²) in [7, 11) is 0. The van der Waals surface area contributed by atoms with E-state index in [9.17, 15) is 18.8 Å². The van der Waals surface area contributed by atoms with Crippen molar-refractivity contribution in [2.45, 2.75) is 19.4 Å². The van der Waals surface area contributed by atoms with Crippen LogP contribution in [-0.2, 0) is 9.59 Å². The van der Waals surface area contributed by atoms with E-state index >= 15 is 0 Å². The maximum absolute atomic E-state index is 13.1. The summed E-state index contributed by atoms with van der Waals surface area (Å²) in [4.78, 5) is 39.5. The van der Waals surface area contributed by atoms with Gasteiger partial charge < -0.3 is 10.1 Å². The first-order valence-corrected chi connectivity index (χ1v) is 10.0. The molecule has 0 saturated heterocycles. The largest absolute Gasteiger partial charge is 0.484 e. The van der Waals surface area contributed by atoms with Crippen LogP contribution in [0, 0.1) is 5.82 Å². The quantitative estimate of drug-likeness (QED) is 0.613. The Hall–Kier alpha value is -4.00. The van der Waals surface area contributed by atoms with Crippen molar-refractivity contribution < 1.29 is 23.5 Å². The Balaban J connectivity index is 1.47. The monoisotopic (exact) mass is 432 g/mol. The van der Waals surface area contributed by atoms with Gasteiger partial charge in [-0.15, -0.1) is 0 Å². The number of nitrogens with zero attached hydrogens (tertiary/aromatic N) is 1. The molecule has 0 fully saturated rings. The fourth-order valence-corrected chi connectivity index (χ4v) is 3.58. The minimum absolute atomic E-state index is 0.245. The molecule has 0 spiro atoms. The maximum Gasteiger partial charge on any atom is 0.265 e. The number of anilines is 2. The number of fused-ring (bicyclic) bond motifs is 1. The van der Waals surface area contributed by atoms with E-state index in [1.54, 1.807) is 62.4 Å². The zero-order chi connectivity index (χ0) is 22.9. The molecule has 0 aliphatic carbocycles. The third-order valence-corrected chi connectivity index (χ3v) is 5.34. The minimum atomic E-state index is -1.08. The summed E-state index contributed by atoms with van der Waals surface area (Å²) in [6, 6.07) is 18.7. The van der Waals surface area contributed by atoms with Gasteiger partial charge in [0.1, 0.15) is 17.1 Å². The van der Waals surface area contributed by atoms with Crippen LogP contribution >= 0.6 is 0 Å². The highest BCUT2D eigenvalue weighted by atomic mass is 19.1. The molecule has 32 heavy (non-hydrogen) atoms. The topological polar surface area (TPSA) is 75.7 Å². The number of amides is 2. The van der Waals surface area contributed by atoms with Gasteiger partial charge in [-0.2, -0.15) is 0 Å². The van der Waals surface area contributed by atoms with Crippen LogP contribution in [-0.4, -0.2) is 29.7 Å². The van der Waals surface area contributed by atoms with Crippen LogP contribution in [0.1, 0.15) is 29.8 Å². The molecule has 162 valence electrons. The van der Waals surface area contributed by atoms with E-state index in [1.807, 2.05) is 0 Å². The standard InChI is InChI=1S/C25H21FN2O4/c1-25(2)24(31)27-20-5-3-4-6-21(20)28(25)22(29)15-32-19-13-9-17(10-14-19)23(30)16-7-11-18(26)12-8-16/h3-14H,15H2,1-2H3,(H,27,31). The van der Waals surface area contributed by atoms with Crippen molar-refractivity contribution in [1.82, 2.24) is 0 Å². The van der Waals surface area contributed by atoms with Crippen molar-refractivity contribution in [3.05, 3.63) is 89.7 Å². The van der Waals surface area contributed by atoms with Crippen LogP contribution < -0.4 is 15.0 Å². The summed E-state index contributed by atoms with van der Waals surface area (Å²) < 4.78 is 18.7. The van der Waals surface area contributed by atoms with Crippen molar-refractivity contribution >= 4 is 29.0 Å². The van der Waals surface area contributed by atoms with E-state index in [-0.39, 0.29) is 24.2 Å². The van der Waals surface area contributed by atoms with Crippen molar-refractivity contribution in [2.24, 2.45) is 0 Å². The molecular formula is C25H21FN2O4. The Labute approximate surface area is 184 Å². The van der Waals surface area contributed by atoms with Crippen molar-refractivity contribution in [1.29, 1.82) is 0 Å². The van der Waals surface area contributed by atoms with E-state index in [2.05, 4.69) is 5.32 Å². The molecule has 0 saturated carbocycles. The Kier molecular flexibility index (Phi) is 5.48. The fourth-order valence-electron chi connectivity index (χ4n) is 3.58. The first-order valence-electron chi connectivity index (χ1n) is 10.0. The van der Waals surface area contributed by atoms with Gasteiger partial charge in [-0.1, -0.05) is 12.1 Å². The number of ether oxygens (including phenoxy) is 1. The van der Waals surface area contributed by atoms with E-state index in [0.717, 1.165) is 0 Å². The van der Waals surface area contributed by atoms with Gasteiger partial charge in [0.05, 0.1) is 11.4 Å². The normalized spacial score (nSPS) is 14.3. The van der Waals surface area contributed by atoms with E-state index in [4.69, 9.17) is 4.74 Å². The van der Waals surface area contributed by atoms with Gasteiger partial charge in [-0.05, 0) is 74.5 Å². The molecule has 3 aromatic rings. The van der Waals surface area contributed by atoms with E-state index < -0.39 is 11.4 Å². The van der Waals surface area contributed by atoms with Crippen LogP contribution in [0.3, 0.4) is 0 Å². The summed E-state index contributed by atoms with van der Waals surface area (Å²) in [6.45, 7) is 3.06. The van der Waals surface area contributed by atoms with Gasteiger partial charge in [0, 0.05) is 11.1 Å². The highest BCUT2D eigenvalue weighted by Gasteiger charge is 2.43. The predicted molar refractivity (Wildman–Crippen MR) is 118 cm³/mol. The number of para-hydroxylation sites is 2. The second-order valence-corrected chi connectivity index (χ2v) is 7.91. The van der Waals surface area contributed by atoms with Crippen molar-refractivity contribution in [3.63, 3.8) is 0 Å². The number of benzene rings is 3. The number of hydrogen-bond donors (Lipinski definition) is 1. The number of carbonyl (C=O) groups excluding carboxylic acids is 3. The lowest BCUT2D eigenvalue weighted by atomic mass is 9.96. The SMILES string of the molecule is CC1(C)C(=O)Nc2ccccc2N1C(=O)COc1ccc(C(=O)c2ccc(F)cc2)cc1. The molecule has 0 atom stereocenters. The summed E-state index contributed by atoms with van der Waals surface area (Å²) in [5, 5.41) is 2.82. The molecule has 4 rings (SSSR count). The van der Waals surface area contributed by atoms with Crippen LogP contribution in [0.15, 0.2) is 72.8 Å². The van der Waals surface area contributed by atoms with Crippen molar-refractivity contribution in [3.8, 4) is 5.75 Å². The van der Waals surface area contributed by atoms with Gasteiger partial charge in [0.2, 0.25) is 5.91 Å². The summed E-state index contributed by atoms with van der Waals surface area (Å²) in [5.74, 6) is -0.907. The second-order valence-electron chi connectivity index (χ2n) is 7.91. The molecule has 1 aliphatic heterocycles. The number of rotatable bonds is 5. The molecule has 0 radical (unpaired) electrons. The zero-order valence-corrected chi connectivity index (χ0v) is 17.6. The van der Waals surface area contributed by atoms with E-state index in [0.29, 0.717) is 28.3 Å². The van der Waals surface area contributed by atoms with Gasteiger partial charge in [0.15, 0.2) is 12.4 Å². The maximum atomic E-state index is 13.1. The molecule has 3 aromatic carbocycles. The Morgan fingerprint density at radius 1 is 0.938 bits per heavy atom. The summed E-state index contributed by atoms with van der Waals surface area (Å²) in [5.41, 5.74) is 0.873. The highest BCUT2D eigenvalue weighted by molar-refractivity contribution is 6.14. The van der Waals surface area contributed by atoms with Gasteiger partial charge in [-0.25, -0.2) is 4.39 Å². The van der Waals surface area contributed by atoms with Crippen molar-refractivity contribution in [2.75, 3.05) is 16.8 Å². The van der Waals surface area contributed by atoms with Crippen LogP contribution in [0.5, 0.6) is 5.75 Å². The molecule has 1 heterocycles. The molecular weight excluding hydrogens is 411 g/mol. The lowest BCUT2D eigenvalue weighted by Gasteiger charge is -2.41. The van der Waals surface area contributed by atoms with Crippen LogP contribution in [0.2, 0.25) is 0 Å². The first-order chi connectivity index (χ1) is 15.3. The average molecular weight is 432 g/mol. The Morgan fingerprint density at radius 2 is 1.53 bits per heavy atom. The Morgan fingerprint density at radius 3 is 2.19 bits per heavy atom. The highest BCUT2D eigenvalue weighted by Crippen LogP contribution is 2.36. The molecule has 7 heteroatoms. The van der Waals surface area contributed by atoms with Gasteiger partial charge in [0.25, 0.3) is 5.91 Å². The molecule has 6 nitrogen and oxygen atoms in total. The fraction of sp³-hybridized carbons (Fsp3) is 0.160. The van der Waals surface area contributed by atoms with Gasteiger partial charge in [-0.3, -0.25) is 19.3 Å². The average Bonchev–Trinajstić information content (AvgIpc) is 2.78. The lowest BCUT2D eigenvalue weighted by Crippen LogP contribution is -2.59. The van der Waals surface area contributed by atoms with Crippen LogP contribution in [0.25, 0.3) is 0 Å². The number of hydrogen-bond acceptors (Lipinski definition) is 4. The predicted octanol–water partition coefficient (Wildman–Crippen LogP) is 4.20. The third kappa shape index (κ3) is 3.97. The lowest BCUT2D eigenvalue weighted by molar-refractivity contribution is -0.127. The molecule has 0 unspecified atom stereocenters. The minimum Gasteiger partial charge on any atom is -0.484 e. The molecule has 1 N–H and O–H groups in total. The number of halogens is 1. The number of nitrogens with one attached hydrogen (secondary N) is 1. The smallest absolute Gasteiger partial charge is 0.265 e. The van der Waals surface area contributed by atoms with Crippen LogP contribution in [0.4, 0.5) is 15.8 Å². The molecule has 0 bridgehead atoms. The van der Waals surface area contributed by atoms with E-state index in [1.165, 1.54) is 29.2 Å². The Bertz CT molecular complexity index is 1190.